The number of hydrogen-bond donors (Lipinski definition) is 0. The average Bonchev–Trinajstić information content (AvgIpc) is 3.13. The van der Waals surface area contributed by atoms with Crippen LogP contribution in [-0.4, -0.2) is 20.0 Å². The number of fused-ring (bicyclic) bond motifs is 1. The Morgan fingerprint density at radius 1 is 1.09 bits per heavy atom. The van der Waals surface area contributed by atoms with Gasteiger partial charge >= 0.3 is 0 Å². The van der Waals surface area contributed by atoms with Gasteiger partial charge in [0.2, 0.25) is 6.39 Å². The fourth-order valence-corrected chi connectivity index (χ4v) is 3.18. The quantitative estimate of drug-likeness (QED) is 0.533. The molecule has 0 fully saturated rings. The first-order chi connectivity index (χ1) is 11.1. The summed E-state index contributed by atoms with van der Waals surface area (Å²) in [7, 11) is 1.84. The number of aromatic nitrogens is 4. The minimum atomic E-state index is 0.425. The molecule has 0 aliphatic heterocycles. The van der Waals surface area contributed by atoms with Gasteiger partial charge < -0.3 is 4.42 Å². The van der Waals surface area contributed by atoms with Crippen LogP contribution < -0.4 is 0 Å². The predicted octanol–water partition coefficient (Wildman–Crippen LogP) is 4.60. The highest BCUT2D eigenvalue weighted by Gasteiger charge is 2.18. The highest BCUT2D eigenvalue weighted by Crippen LogP contribution is 2.37. The molecule has 7 heteroatoms. The highest BCUT2D eigenvalue weighted by atomic mass is 35.5. The molecule has 0 unspecified atom stereocenters. The molecule has 0 saturated carbocycles. The van der Waals surface area contributed by atoms with Crippen LogP contribution in [0.25, 0.3) is 33.6 Å². The van der Waals surface area contributed by atoms with Crippen molar-refractivity contribution in [3.05, 3.63) is 52.8 Å². The molecule has 114 valence electrons. The zero-order valence-electron chi connectivity index (χ0n) is 12.0. The van der Waals surface area contributed by atoms with Gasteiger partial charge in [0.25, 0.3) is 5.89 Å². The fraction of sp³-hybridized carbons (Fsp3) is 0.0625. The van der Waals surface area contributed by atoms with Crippen LogP contribution in [-0.2, 0) is 7.05 Å². The molecule has 2 aromatic carbocycles. The molecule has 23 heavy (non-hydrogen) atoms. The van der Waals surface area contributed by atoms with Crippen LogP contribution in [0, 0.1) is 0 Å². The third-order valence-electron chi connectivity index (χ3n) is 3.65. The maximum Gasteiger partial charge on any atom is 0.266 e. The molecule has 0 amide bonds. The molecule has 0 aliphatic rings. The van der Waals surface area contributed by atoms with Crippen molar-refractivity contribution >= 4 is 34.1 Å². The van der Waals surface area contributed by atoms with E-state index in [2.05, 4.69) is 15.3 Å². The van der Waals surface area contributed by atoms with Crippen LogP contribution in [0.2, 0.25) is 10.0 Å². The highest BCUT2D eigenvalue weighted by molar-refractivity contribution is 6.36. The molecule has 0 atom stereocenters. The summed E-state index contributed by atoms with van der Waals surface area (Å²) in [6.45, 7) is 0. The van der Waals surface area contributed by atoms with E-state index in [1.165, 1.54) is 6.39 Å². The van der Waals surface area contributed by atoms with Gasteiger partial charge in [-0.1, -0.05) is 47.5 Å². The van der Waals surface area contributed by atoms with Gasteiger partial charge in [-0.05, 0) is 12.1 Å². The number of halogens is 2. The lowest BCUT2D eigenvalue weighted by Crippen LogP contribution is -1.93. The van der Waals surface area contributed by atoms with Crippen molar-refractivity contribution in [1.82, 2.24) is 20.0 Å². The number of aryl methyl sites for hydroxylation is 1. The predicted molar refractivity (Wildman–Crippen MR) is 89.5 cm³/mol. The van der Waals surface area contributed by atoms with Gasteiger partial charge in [-0.3, -0.25) is 4.68 Å². The maximum atomic E-state index is 6.35. The first-order valence-electron chi connectivity index (χ1n) is 6.83. The van der Waals surface area contributed by atoms with Crippen LogP contribution in [0.4, 0.5) is 0 Å². The van der Waals surface area contributed by atoms with E-state index in [-0.39, 0.29) is 0 Å². The van der Waals surface area contributed by atoms with Gasteiger partial charge in [0.15, 0.2) is 0 Å². The molecule has 0 spiro atoms. The summed E-state index contributed by atoms with van der Waals surface area (Å²) in [4.78, 5) is 0. The van der Waals surface area contributed by atoms with E-state index in [9.17, 15) is 0 Å². The molecule has 0 bridgehead atoms. The van der Waals surface area contributed by atoms with Crippen LogP contribution in [0.1, 0.15) is 0 Å². The molecular weight excluding hydrogens is 335 g/mol. The Morgan fingerprint density at radius 3 is 2.70 bits per heavy atom. The van der Waals surface area contributed by atoms with Crippen molar-refractivity contribution < 1.29 is 4.42 Å². The van der Waals surface area contributed by atoms with E-state index in [1.807, 2.05) is 37.4 Å². The molecule has 2 aromatic heterocycles. The van der Waals surface area contributed by atoms with Crippen molar-refractivity contribution in [1.29, 1.82) is 0 Å². The lowest BCUT2D eigenvalue weighted by atomic mass is 10.0. The zero-order valence-corrected chi connectivity index (χ0v) is 13.5. The third-order valence-corrected chi connectivity index (χ3v) is 4.20. The summed E-state index contributed by atoms with van der Waals surface area (Å²) < 4.78 is 7.05. The second kappa shape index (κ2) is 5.37. The molecule has 4 rings (SSSR count). The number of hydrogen-bond acceptors (Lipinski definition) is 4. The van der Waals surface area contributed by atoms with E-state index in [1.54, 1.807) is 10.7 Å². The van der Waals surface area contributed by atoms with Crippen LogP contribution in [0.3, 0.4) is 0 Å². The van der Waals surface area contributed by atoms with Gasteiger partial charge in [0.05, 0.1) is 0 Å². The van der Waals surface area contributed by atoms with Crippen molar-refractivity contribution in [2.75, 3.05) is 0 Å². The number of rotatable bonds is 2. The Morgan fingerprint density at radius 2 is 1.96 bits per heavy atom. The van der Waals surface area contributed by atoms with Gasteiger partial charge in [-0.15, -0.1) is 10.2 Å². The van der Waals surface area contributed by atoms with E-state index >= 15 is 0 Å². The molecule has 0 N–H and O–H groups in total. The van der Waals surface area contributed by atoms with Crippen molar-refractivity contribution in [2.24, 2.45) is 7.05 Å². The van der Waals surface area contributed by atoms with Gasteiger partial charge in [-0.2, -0.15) is 5.10 Å². The second-order valence-electron chi connectivity index (χ2n) is 5.04. The third kappa shape index (κ3) is 2.29. The minimum absolute atomic E-state index is 0.425. The Balaban J connectivity index is 2.01. The first kappa shape index (κ1) is 14.2. The Hall–Kier alpha value is -2.37. The van der Waals surface area contributed by atoms with Gasteiger partial charge in [0.1, 0.15) is 11.2 Å². The Bertz CT molecular complexity index is 1010. The fourth-order valence-electron chi connectivity index (χ4n) is 2.67. The Kier molecular flexibility index (Phi) is 3.32. The van der Waals surface area contributed by atoms with Crippen LogP contribution in [0.5, 0.6) is 0 Å². The normalized spacial score (nSPS) is 11.3. The molecule has 0 aliphatic carbocycles. The molecule has 0 radical (unpaired) electrons. The minimum Gasteiger partial charge on any atom is -0.422 e. The topological polar surface area (TPSA) is 56.7 Å². The number of benzene rings is 2. The zero-order chi connectivity index (χ0) is 16.0. The van der Waals surface area contributed by atoms with Crippen molar-refractivity contribution in [3.63, 3.8) is 0 Å². The average molecular weight is 345 g/mol. The van der Waals surface area contributed by atoms with E-state index in [4.69, 9.17) is 27.6 Å². The van der Waals surface area contributed by atoms with Gasteiger partial charge in [0, 0.05) is 33.6 Å². The lowest BCUT2D eigenvalue weighted by Gasteiger charge is -2.05. The van der Waals surface area contributed by atoms with Crippen molar-refractivity contribution in [2.45, 2.75) is 0 Å². The van der Waals surface area contributed by atoms with E-state index in [0.717, 1.165) is 27.7 Å². The van der Waals surface area contributed by atoms with Gasteiger partial charge in [-0.25, -0.2) is 0 Å². The summed E-state index contributed by atoms with van der Waals surface area (Å²) in [5, 5.41) is 14.4. The summed E-state index contributed by atoms with van der Waals surface area (Å²) in [5.74, 6) is 0.425. The SMILES string of the molecule is Cn1nc2c(-c3ccc(Cl)cc3Cl)cccc2c1-c1nnco1. The lowest BCUT2D eigenvalue weighted by molar-refractivity contribution is 0.561. The number of nitrogens with zero attached hydrogens (tertiary/aromatic N) is 4. The van der Waals surface area contributed by atoms with E-state index in [0.29, 0.717) is 15.9 Å². The molecule has 2 heterocycles. The van der Waals surface area contributed by atoms with Crippen LogP contribution >= 0.6 is 23.2 Å². The Labute approximate surface area is 141 Å². The standard InChI is InChI=1S/C16H10Cl2N4O/c1-22-15(16-20-19-8-23-16)12-4-2-3-11(14(12)21-22)10-6-5-9(17)7-13(10)18/h2-8H,1H3. The summed E-state index contributed by atoms with van der Waals surface area (Å²) in [5.41, 5.74) is 3.37. The summed E-state index contributed by atoms with van der Waals surface area (Å²) in [6, 6.07) is 11.3. The largest absolute Gasteiger partial charge is 0.422 e. The molecule has 4 aromatic rings. The second-order valence-corrected chi connectivity index (χ2v) is 5.89. The van der Waals surface area contributed by atoms with E-state index < -0.39 is 0 Å². The molecular formula is C16H10Cl2N4O. The molecule has 0 saturated heterocycles. The van der Waals surface area contributed by atoms with Crippen LogP contribution in [0.15, 0.2) is 47.2 Å². The monoisotopic (exact) mass is 344 g/mol. The maximum absolute atomic E-state index is 6.35. The van der Waals surface area contributed by atoms with Crippen molar-refractivity contribution in [3.8, 4) is 22.7 Å². The molecule has 5 nitrogen and oxygen atoms in total. The smallest absolute Gasteiger partial charge is 0.266 e. The summed E-state index contributed by atoms with van der Waals surface area (Å²) >= 11 is 12.3. The summed E-state index contributed by atoms with van der Waals surface area (Å²) in [6.07, 6.45) is 1.30. The first-order valence-corrected chi connectivity index (χ1v) is 7.58.